The number of unbranched alkanes of at least 4 members (excludes halogenated alkanes) is 2. The van der Waals surface area contributed by atoms with E-state index < -0.39 is 0 Å². The fourth-order valence-electron chi connectivity index (χ4n) is 4.45. The smallest absolute Gasteiger partial charge is 0.182 e. The Morgan fingerprint density at radius 2 is 1.04 bits per heavy atom. The summed E-state index contributed by atoms with van der Waals surface area (Å²) >= 11 is 0. The van der Waals surface area contributed by atoms with Gasteiger partial charge in [-0.15, -0.1) is 0 Å². The van der Waals surface area contributed by atoms with Crippen LogP contribution in [0.2, 0.25) is 0 Å². The van der Waals surface area contributed by atoms with Crippen LogP contribution >= 0.6 is 0 Å². The van der Waals surface area contributed by atoms with Crippen molar-refractivity contribution >= 4 is 16.0 Å². The lowest BCUT2D eigenvalue weighted by atomic mass is 9.85. The van der Waals surface area contributed by atoms with Gasteiger partial charge >= 0.3 is 0 Å². The molecule has 0 saturated heterocycles. The van der Waals surface area contributed by atoms with Gasteiger partial charge in [0.15, 0.2) is 16.0 Å². The van der Waals surface area contributed by atoms with Crippen LogP contribution in [0.5, 0.6) is 0 Å². The highest BCUT2D eigenvalue weighted by molar-refractivity contribution is 6.05. The Morgan fingerprint density at radius 1 is 0.692 bits per heavy atom. The van der Waals surface area contributed by atoms with Crippen molar-refractivity contribution in [2.45, 2.75) is 117 Å². The van der Waals surface area contributed by atoms with Crippen molar-refractivity contribution in [2.75, 3.05) is 13.1 Å². The Hall–Kier alpha value is 0.0499. The fourth-order valence-corrected chi connectivity index (χ4v) is 4.45. The maximum atomic E-state index is 6.46. The third-order valence-corrected chi connectivity index (χ3v) is 6.63. The van der Waals surface area contributed by atoms with E-state index in [4.69, 9.17) is 16.0 Å². The van der Waals surface area contributed by atoms with Crippen molar-refractivity contribution in [3.63, 3.8) is 0 Å². The Morgan fingerprint density at radius 3 is 1.31 bits per heavy atom. The van der Waals surface area contributed by atoms with Crippen LogP contribution in [0.1, 0.15) is 105 Å². The summed E-state index contributed by atoms with van der Waals surface area (Å²) in [6.45, 7) is 11.3. The summed E-state index contributed by atoms with van der Waals surface area (Å²) in [6, 6.07) is 1.11. The molecule has 0 amide bonds. The van der Waals surface area contributed by atoms with Gasteiger partial charge in [-0.2, -0.15) is 0 Å². The molecule has 2 nitrogen and oxygen atoms in total. The summed E-state index contributed by atoms with van der Waals surface area (Å²) < 4.78 is 0. The second-order valence-electron chi connectivity index (χ2n) is 8.69. The minimum Gasteiger partial charge on any atom is -0.351 e. The summed E-state index contributed by atoms with van der Waals surface area (Å²) in [5, 5.41) is 0. The molecule has 0 aromatic carbocycles. The predicted molar refractivity (Wildman–Crippen MR) is 118 cm³/mol. The second-order valence-corrected chi connectivity index (χ2v) is 8.69. The van der Waals surface area contributed by atoms with Gasteiger partial charge in [-0.05, 0) is 75.5 Å². The maximum absolute atomic E-state index is 6.46. The number of rotatable bonds is 14. The highest BCUT2D eigenvalue weighted by atomic mass is 15.1. The van der Waals surface area contributed by atoms with E-state index in [-0.39, 0.29) is 0 Å². The van der Waals surface area contributed by atoms with Gasteiger partial charge in [-0.3, -0.25) is 0 Å². The molecule has 148 valence electrons. The molecule has 2 unspecified atom stereocenters. The van der Waals surface area contributed by atoms with E-state index in [9.17, 15) is 0 Å². The van der Waals surface area contributed by atoms with Gasteiger partial charge in [-0.25, -0.2) is 0 Å². The van der Waals surface area contributed by atoms with E-state index >= 15 is 0 Å². The van der Waals surface area contributed by atoms with Gasteiger partial charge in [-0.1, -0.05) is 66.2 Å². The van der Waals surface area contributed by atoms with E-state index in [1.165, 1.54) is 77.0 Å². The lowest BCUT2D eigenvalue weighted by Crippen LogP contribution is -2.45. The average molecular weight is 358 g/mol. The summed E-state index contributed by atoms with van der Waals surface area (Å²) in [7, 11) is 12.9. The molecule has 0 aromatic rings. The molecule has 1 fully saturated rings. The highest BCUT2D eigenvalue weighted by Crippen LogP contribution is 2.27. The molecule has 26 heavy (non-hydrogen) atoms. The first kappa shape index (κ1) is 24.1. The molecule has 1 aliphatic rings. The van der Waals surface area contributed by atoms with E-state index in [2.05, 4.69) is 37.3 Å². The number of hydrogen-bond acceptors (Lipinski definition) is 2. The summed E-state index contributed by atoms with van der Waals surface area (Å²) in [6.07, 6.45) is 15.2. The molecule has 0 aromatic heterocycles. The summed E-state index contributed by atoms with van der Waals surface area (Å²) in [5.74, 6) is 1.51. The van der Waals surface area contributed by atoms with Crippen LogP contribution in [0, 0.1) is 11.8 Å². The molecule has 0 N–H and O–H groups in total. The van der Waals surface area contributed by atoms with E-state index in [0.29, 0.717) is 12.1 Å². The highest BCUT2D eigenvalue weighted by Gasteiger charge is 2.27. The molecule has 0 spiro atoms. The third kappa shape index (κ3) is 8.83. The van der Waals surface area contributed by atoms with Crippen LogP contribution in [0.15, 0.2) is 0 Å². The Labute approximate surface area is 167 Å². The molecule has 0 bridgehead atoms. The topological polar surface area (TPSA) is 6.48 Å². The molecule has 0 aliphatic heterocycles. The summed E-state index contributed by atoms with van der Waals surface area (Å²) in [4.78, 5) is 4.33. The van der Waals surface area contributed by atoms with Gasteiger partial charge in [0.05, 0.1) is 0 Å². The third-order valence-electron chi connectivity index (χ3n) is 6.63. The Kier molecular flexibility index (Phi) is 13.1. The zero-order valence-electron chi connectivity index (χ0n) is 18.3. The summed E-state index contributed by atoms with van der Waals surface area (Å²) in [5.41, 5.74) is 0. The largest absolute Gasteiger partial charge is 0.351 e. The number of hydrogen-bond donors (Lipinski definition) is 0. The van der Waals surface area contributed by atoms with Crippen LogP contribution in [0.25, 0.3) is 0 Å². The van der Waals surface area contributed by atoms with Gasteiger partial charge in [0.2, 0.25) is 0 Å². The molecular weight excluding hydrogens is 314 g/mol. The Balaban J connectivity index is 2.35. The van der Waals surface area contributed by atoms with Crippen LogP contribution in [-0.4, -0.2) is 50.8 Å². The SMILES string of the molecule is [B]N(CC(CC)CCCC)C1CCC(N([B])CC(CC)CCCC)CC1. The lowest BCUT2D eigenvalue weighted by Gasteiger charge is -2.41. The predicted octanol–water partition coefficient (Wildman–Crippen LogP) is 5.50. The molecule has 4 radical (unpaired) electrons. The van der Waals surface area contributed by atoms with Gasteiger partial charge in [0.25, 0.3) is 0 Å². The zero-order chi connectivity index (χ0) is 19.4. The van der Waals surface area contributed by atoms with Crippen molar-refractivity contribution in [3.8, 4) is 0 Å². The minimum absolute atomic E-state index is 0.553. The van der Waals surface area contributed by atoms with E-state index in [1.54, 1.807) is 0 Å². The van der Waals surface area contributed by atoms with Gasteiger partial charge in [0, 0.05) is 0 Å². The molecule has 2 atom stereocenters. The maximum Gasteiger partial charge on any atom is 0.182 e. The normalized spacial score (nSPS) is 23.5. The molecular formula is C22H44B2N2. The first-order chi connectivity index (χ1) is 12.5. The van der Waals surface area contributed by atoms with Crippen molar-refractivity contribution < 1.29 is 0 Å². The molecule has 0 heterocycles. The van der Waals surface area contributed by atoms with Crippen molar-refractivity contribution in [1.82, 2.24) is 9.62 Å². The van der Waals surface area contributed by atoms with Crippen LogP contribution in [0.3, 0.4) is 0 Å². The Bertz CT molecular complexity index is 300. The van der Waals surface area contributed by atoms with Gasteiger partial charge < -0.3 is 9.62 Å². The molecule has 1 rings (SSSR count). The van der Waals surface area contributed by atoms with Crippen molar-refractivity contribution in [3.05, 3.63) is 0 Å². The first-order valence-electron chi connectivity index (χ1n) is 11.6. The standard InChI is InChI=1S/C22H44B2N2/c1-5-9-11-19(7-3)17-25(23)21-13-15-22(16-14-21)26(24)18-20(8-4)12-10-6-2/h19-22H,5-18H2,1-4H3. The van der Waals surface area contributed by atoms with Crippen molar-refractivity contribution in [1.29, 1.82) is 0 Å². The van der Waals surface area contributed by atoms with Crippen molar-refractivity contribution in [2.24, 2.45) is 11.8 Å². The van der Waals surface area contributed by atoms with Crippen LogP contribution in [0.4, 0.5) is 0 Å². The molecule has 1 aliphatic carbocycles. The first-order valence-corrected chi connectivity index (χ1v) is 11.6. The quantitative estimate of drug-likeness (QED) is 0.378. The van der Waals surface area contributed by atoms with Crippen LogP contribution < -0.4 is 0 Å². The monoisotopic (exact) mass is 358 g/mol. The minimum atomic E-state index is 0.553. The second kappa shape index (κ2) is 14.1. The zero-order valence-corrected chi connectivity index (χ0v) is 18.3. The molecule has 4 heteroatoms. The van der Waals surface area contributed by atoms with Gasteiger partial charge in [0.1, 0.15) is 0 Å². The molecule has 1 saturated carbocycles. The average Bonchev–Trinajstić information content (AvgIpc) is 2.67. The van der Waals surface area contributed by atoms with E-state index in [0.717, 1.165) is 24.9 Å². The van der Waals surface area contributed by atoms with E-state index in [1.807, 2.05) is 0 Å². The number of nitrogens with zero attached hydrogens (tertiary/aromatic N) is 2. The van der Waals surface area contributed by atoms with Crippen LogP contribution in [-0.2, 0) is 0 Å². The lowest BCUT2D eigenvalue weighted by molar-refractivity contribution is 0.163. The fraction of sp³-hybridized carbons (Fsp3) is 1.00.